The first-order chi connectivity index (χ1) is 16.9. The Morgan fingerprint density at radius 3 is 2.60 bits per heavy atom. The number of carbonyl (C=O) groups is 1. The Morgan fingerprint density at radius 2 is 1.89 bits per heavy atom. The smallest absolute Gasteiger partial charge is 0.272 e. The van der Waals surface area contributed by atoms with Crippen LogP contribution in [0.1, 0.15) is 11.1 Å². The van der Waals surface area contributed by atoms with Crippen LogP contribution in [0.25, 0.3) is 17.1 Å². The van der Waals surface area contributed by atoms with Crippen LogP contribution in [0.3, 0.4) is 0 Å². The van der Waals surface area contributed by atoms with E-state index in [9.17, 15) is 14.9 Å². The van der Waals surface area contributed by atoms with Gasteiger partial charge < -0.3 is 0 Å². The number of hydrazone groups is 1. The van der Waals surface area contributed by atoms with Gasteiger partial charge in [-0.1, -0.05) is 77.5 Å². The summed E-state index contributed by atoms with van der Waals surface area (Å²) in [6, 6.07) is 21.9. The lowest BCUT2D eigenvalue weighted by atomic mass is 10.2. The van der Waals surface area contributed by atoms with Gasteiger partial charge in [-0.05, 0) is 25.1 Å². The number of rotatable bonds is 8. The van der Waals surface area contributed by atoms with Crippen LogP contribution in [0.4, 0.5) is 5.69 Å². The molecular weight excluding hydrogens is 488 g/mol. The molecule has 4 aromatic rings. The Kier molecular flexibility index (Phi) is 7.54. The van der Waals surface area contributed by atoms with E-state index < -0.39 is 4.92 Å². The third-order valence-corrected chi connectivity index (χ3v) is 6.11. The van der Waals surface area contributed by atoms with Crippen LogP contribution < -0.4 is 5.43 Å². The molecule has 0 atom stereocenters. The summed E-state index contributed by atoms with van der Waals surface area (Å²) < 4.78 is 1.91. The zero-order chi connectivity index (χ0) is 24.8. The lowest BCUT2D eigenvalue weighted by Gasteiger charge is -2.10. The number of amides is 1. The number of nitro groups is 1. The third-order valence-electron chi connectivity index (χ3n) is 4.86. The minimum absolute atomic E-state index is 0.0279. The predicted octanol–water partition coefficient (Wildman–Crippen LogP) is 5.05. The number of benzene rings is 3. The van der Waals surface area contributed by atoms with Crippen LogP contribution in [-0.4, -0.2) is 37.6 Å². The molecule has 1 heterocycles. The molecule has 1 amide bonds. The van der Waals surface area contributed by atoms with Gasteiger partial charge in [0.15, 0.2) is 11.0 Å². The second-order valence-electron chi connectivity index (χ2n) is 7.39. The molecule has 0 fully saturated rings. The van der Waals surface area contributed by atoms with Crippen LogP contribution in [0, 0.1) is 17.0 Å². The van der Waals surface area contributed by atoms with E-state index in [1.807, 2.05) is 66.1 Å². The Balaban J connectivity index is 1.48. The summed E-state index contributed by atoms with van der Waals surface area (Å²) in [4.78, 5) is 22.8. The standard InChI is InChI=1S/C24H19ClN6O3S/c1-16-7-10-19(11-8-16)30-23(18-5-3-2-4-6-18)28-29-24(30)35-15-22(32)27-26-14-17-9-12-20(25)21(13-17)31(33)34/h2-14H,15H2,1H3,(H,27,32)/b26-14-. The van der Waals surface area contributed by atoms with E-state index in [1.54, 1.807) is 6.07 Å². The van der Waals surface area contributed by atoms with Gasteiger partial charge >= 0.3 is 0 Å². The summed E-state index contributed by atoms with van der Waals surface area (Å²) in [5, 5.41) is 24.1. The average molecular weight is 507 g/mol. The van der Waals surface area contributed by atoms with E-state index in [0.29, 0.717) is 16.5 Å². The molecule has 0 spiro atoms. The van der Waals surface area contributed by atoms with E-state index in [0.717, 1.165) is 16.8 Å². The van der Waals surface area contributed by atoms with Gasteiger partial charge in [0, 0.05) is 22.9 Å². The number of nitro benzene ring substituents is 1. The first-order valence-corrected chi connectivity index (χ1v) is 11.8. The molecule has 0 aliphatic rings. The lowest BCUT2D eigenvalue weighted by molar-refractivity contribution is -0.384. The monoisotopic (exact) mass is 506 g/mol. The lowest BCUT2D eigenvalue weighted by Crippen LogP contribution is -2.20. The molecule has 0 aliphatic heterocycles. The van der Waals surface area contributed by atoms with Crippen molar-refractivity contribution >= 4 is 41.2 Å². The molecule has 0 saturated heterocycles. The fourth-order valence-electron chi connectivity index (χ4n) is 3.16. The van der Waals surface area contributed by atoms with Gasteiger partial charge in [0.25, 0.3) is 11.6 Å². The van der Waals surface area contributed by atoms with E-state index >= 15 is 0 Å². The number of carbonyl (C=O) groups excluding carboxylic acids is 1. The fourth-order valence-corrected chi connectivity index (χ4v) is 4.09. The first-order valence-electron chi connectivity index (χ1n) is 10.4. The largest absolute Gasteiger partial charge is 0.288 e. The average Bonchev–Trinajstić information content (AvgIpc) is 3.28. The topological polar surface area (TPSA) is 115 Å². The molecule has 1 N–H and O–H groups in total. The Hall–Kier alpha value is -4.02. The quantitative estimate of drug-likeness (QED) is 0.155. The van der Waals surface area contributed by atoms with Crippen LogP contribution in [0.15, 0.2) is 83.1 Å². The van der Waals surface area contributed by atoms with E-state index in [2.05, 4.69) is 20.7 Å². The Morgan fingerprint density at radius 1 is 1.14 bits per heavy atom. The van der Waals surface area contributed by atoms with Crippen LogP contribution in [0.5, 0.6) is 0 Å². The molecule has 0 bridgehead atoms. The number of aryl methyl sites for hydroxylation is 1. The summed E-state index contributed by atoms with van der Waals surface area (Å²) in [7, 11) is 0. The molecule has 9 nitrogen and oxygen atoms in total. The van der Waals surface area contributed by atoms with Crippen molar-refractivity contribution in [2.75, 3.05) is 5.75 Å². The van der Waals surface area contributed by atoms with Crippen molar-refractivity contribution in [2.45, 2.75) is 12.1 Å². The van der Waals surface area contributed by atoms with Gasteiger partial charge in [0.1, 0.15) is 5.02 Å². The third kappa shape index (κ3) is 5.92. The highest BCUT2D eigenvalue weighted by Gasteiger charge is 2.17. The molecule has 0 saturated carbocycles. The fraction of sp³-hybridized carbons (Fsp3) is 0.0833. The number of hydrogen-bond donors (Lipinski definition) is 1. The van der Waals surface area contributed by atoms with Gasteiger partial charge in [0.2, 0.25) is 0 Å². The van der Waals surface area contributed by atoms with Gasteiger partial charge in [-0.25, -0.2) is 5.43 Å². The highest BCUT2D eigenvalue weighted by molar-refractivity contribution is 7.99. The SMILES string of the molecule is Cc1ccc(-n2c(SCC(=O)N/N=C\c3ccc(Cl)c([N+](=O)[O-])c3)nnc2-c2ccccc2)cc1. The maximum atomic E-state index is 12.4. The predicted molar refractivity (Wildman–Crippen MR) is 136 cm³/mol. The molecule has 0 unspecified atom stereocenters. The summed E-state index contributed by atoms with van der Waals surface area (Å²) in [6.07, 6.45) is 1.31. The molecule has 1 aromatic heterocycles. The van der Waals surface area contributed by atoms with Crippen molar-refractivity contribution in [3.63, 3.8) is 0 Å². The second kappa shape index (κ2) is 10.9. The number of halogens is 1. The minimum atomic E-state index is -0.581. The van der Waals surface area contributed by atoms with Crippen molar-refractivity contribution in [1.29, 1.82) is 0 Å². The van der Waals surface area contributed by atoms with Crippen molar-refractivity contribution < 1.29 is 9.72 Å². The maximum absolute atomic E-state index is 12.4. The normalized spacial score (nSPS) is 11.0. The highest BCUT2D eigenvalue weighted by Crippen LogP contribution is 2.28. The van der Waals surface area contributed by atoms with Crippen LogP contribution in [0.2, 0.25) is 5.02 Å². The van der Waals surface area contributed by atoms with Crippen LogP contribution >= 0.6 is 23.4 Å². The zero-order valence-corrected chi connectivity index (χ0v) is 20.0. The van der Waals surface area contributed by atoms with Gasteiger partial charge in [-0.15, -0.1) is 10.2 Å². The van der Waals surface area contributed by atoms with Crippen LogP contribution in [-0.2, 0) is 4.79 Å². The second-order valence-corrected chi connectivity index (χ2v) is 8.74. The number of hydrogen-bond acceptors (Lipinski definition) is 7. The highest BCUT2D eigenvalue weighted by atomic mass is 35.5. The van der Waals surface area contributed by atoms with Crippen molar-refractivity contribution in [3.05, 3.63) is 99.1 Å². The zero-order valence-electron chi connectivity index (χ0n) is 18.5. The minimum Gasteiger partial charge on any atom is -0.272 e. The summed E-state index contributed by atoms with van der Waals surface area (Å²) in [6.45, 7) is 2.01. The van der Waals surface area contributed by atoms with E-state index in [4.69, 9.17) is 11.6 Å². The van der Waals surface area contributed by atoms with Crippen molar-refractivity contribution in [3.8, 4) is 17.1 Å². The first kappa shape index (κ1) is 24.1. The molecule has 3 aromatic carbocycles. The van der Waals surface area contributed by atoms with E-state index in [1.165, 1.54) is 30.1 Å². The summed E-state index contributed by atoms with van der Waals surface area (Å²) in [5.74, 6) is 0.339. The molecule has 0 radical (unpaired) electrons. The van der Waals surface area contributed by atoms with E-state index in [-0.39, 0.29) is 22.4 Å². The molecule has 11 heteroatoms. The molecule has 176 valence electrons. The summed E-state index contributed by atoms with van der Waals surface area (Å²) >= 11 is 7.03. The van der Waals surface area contributed by atoms with Crippen molar-refractivity contribution in [2.24, 2.45) is 5.10 Å². The number of nitrogens with one attached hydrogen (secondary N) is 1. The number of nitrogens with zero attached hydrogens (tertiary/aromatic N) is 5. The number of thioether (sulfide) groups is 1. The van der Waals surface area contributed by atoms with Gasteiger partial charge in [-0.3, -0.25) is 19.5 Å². The molecule has 0 aliphatic carbocycles. The summed E-state index contributed by atoms with van der Waals surface area (Å²) in [5.41, 5.74) is 5.52. The molecule has 35 heavy (non-hydrogen) atoms. The molecular formula is C24H19ClN6O3S. The Labute approximate surface area is 210 Å². The van der Waals surface area contributed by atoms with Gasteiger partial charge in [-0.2, -0.15) is 5.10 Å². The molecule has 4 rings (SSSR count). The van der Waals surface area contributed by atoms with Crippen molar-refractivity contribution in [1.82, 2.24) is 20.2 Å². The van der Waals surface area contributed by atoms with Gasteiger partial charge in [0.05, 0.1) is 16.9 Å². The Bertz CT molecular complexity index is 1390. The number of aromatic nitrogens is 3. The maximum Gasteiger partial charge on any atom is 0.288 e.